The number of carbonyl (C=O) groups is 1. The molecule has 0 saturated carbocycles. The van der Waals surface area contributed by atoms with Crippen LogP contribution in [-0.2, 0) is 11.2 Å². The van der Waals surface area contributed by atoms with Gasteiger partial charge in [-0.3, -0.25) is 4.79 Å². The molecule has 0 aliphatic rings. The maximum atomic E-state index is 10.7. The minimum atomic E-state index is -0.810. The SMILES string of the molecule is CCCCCOc1cc(CC(=O)O)cc(C)c1C. The van der Waals surface area contributed by atoms with Gasteiger partial charge in [0, 0.05) is 0 Å². The third-order valence-corrected chi connectivity index (χ3v) is 3.04. The molecule has 0 aliphatic carbocycles. The summed E-state index contributed by atoms with van der Waals surface area (Å²) in [5.41, 5.74) is 2.98. The predicted octanol–water partition coefficient (Wildman–Crippen LogP) is 3.50. The van der Waals surface area contributed by atoms with E-state index in [1.54, 1.807) is 0 Å². The van der Waals surface area contributed by atoms with Gasteiger partial charge in [0.05, 0.1) is 13.0 Å². The van der Waals surface area contributed by atoms with E-state index in [9.17, 15) is 4.79 Å². The Kier molecular flexibility index (Phi) is 5.69. The summed E-state index contributed by atoms with van der Waals surface area (Å²) in [6.45, 7) is 6.85. The van der Waals surface area contributed by atoms with Crippen LogP contribution in [0.2, 0.25) is 0 Å². The van der Waals surface area contributed by atoms with Gasteiger partial charge in [0.2, 0.25) is 0 Å². The average Bonchev–Trinajstić information content (AvgIpc) is 2.29. The third kappa shape index (κ3) is 4.40. The van der Waals surface area contributed by atoms with Crippen molar-refractivity contribution < 1.29 is 14.6 Å². The van der Waals surface area contributed by atoms with E-state index in [4.69, 9.17) is 9.84 Å². The third-order valence-electron chi connectivity index (χ3n) is 3.04. The Balaban J connectivity index is 2.75. The first kappa shape index (κ1) is 14.6. The normalized spacial score (nSPS) is 10.4. The molecule has 0 aliphatic heterocycles. The lowest BCUT2D eigenvalue weighted by atomic mass is 10.0. The Morgan fingerprint density at radius 2 is 2.00 bits per heavy atom. The average molecular weight is 250 g/mol. The van der Waals surface area contributed by atoms with E-state index in [0.29, 0.717) is 6.61 Å². The lowest BCUT2D eigenvalue weighted by molar-refractivity contribution is -0.136. The number of unbranched alkanes of at least 4 members (excludes halogenated alkanes) is 2. The van der Waals surface area contributed by atoms with Crippen molar-refractivity contribution in [3.63, 3.8) is 0 Å². The highest BCUT2D eigenvalue weighted by molar-refractivity contribution is 5.70. The van der Waals surface area contributed by atoms with Gasteiger partial charge in [-0.1, -0.05) is 25.8 Å². The highest BCUT2D eigenvalue weighted by Crippen LogP contribution is 2.24. The summed E-state index contributed by atoms with van der Waals surface area (Å²) in [4.78, 5) is 10.7. The maximum Gasteiger partial charge on any atom is 0.307 e. The molecule has 1 aromatic rings. The molecule has 1 aromatic carbocycles. The van der Waals surface area contributed by atoms with Crippen LogP contribution in [0.25, 0.3) is 0 Å². The van der Waals surface area contributed by atoms with Crippen LogP contribution in [0.1, 0.15) is 42.9 Å². The topological polar surface area (TPSA) is 46.5 Å². The van der Waals surface area contributed by atoms with Crippen LogP contribution in [0, 0.1) is 13.8 Å². The van der Waals surface area contributed by atoms with E-state index in [1.165, 1.54) is 6.42 Å². The number of aryl methyl sites for hydroxylation is 1. The number of ether oxygens (including phenoxy) is 1. The quantitative estimate of drug-likeness (QED) is 0.753. The van der Waals surface area contributed by atoms with Crippen molar-refractivity contribution in [1.29, 1.82) is 0 Å². The van der Waals surface area contributed by atoms with E-state index in [2.05, 4.69) is 6.92 Å². The molecule has 0 amide bonds. The molecule has 0 radical (unpaired) electrons. The molecule has 0 unspecified atom stereocenters. The molecule has 0 atom stereocenters. The Hall–Kier alpha value is -1.51. The van der Waals surface area contributed by atoms with Crippen molar-refractivity contribution in [1.82, 2.24) is 0 Å². The van der Waals surface area contributed by atoms with Crippen LogP contribution in [0.4, 0.5) is 0 Å². The molecule has 3 nitrogen and oxygen atoms in total. The number of rotatable bonds is 7. The van der Waals surface area contributed by atoms with Crippen LogP contribution >= 0.6 is 0 Å². The molecule has 1 rings (SSSR count). The summed E-state index contributed by atoms with van der Waals surface area (Å²) in [5, 5.41) is 8.82. The number of carboxylic acids is 1. The number of aliphatic carboxylic acids is 1. The second kappa shape index (κ2) is 7.04. The molecule has 3 heteroatoms. The lowest BCUT2D eigenvalue weighted by Gasteiger charge is -2.13. The van der Waals surface area contributed by atoms with E-state index in [-0.39, 0.29) is 6.42 Å². The molecule has 0 saturated heterocycles. The van der Waals surface area contributed by atoms with Crippen molar-refractivity contribution >= 4 is 5.97 Å². The Bertz CT molecular complexity index is 410. The molecule has 1 N–H and O–H groups in total. The fourth-order valence-electron chi connectivity index (χ4n) is 1.86. The summed E-state index contributed by atoms with van der Waals surface area (Å²) in [5.74, 6) is 0.0116. The van der Waals surface area contributed by atoms with Crippen LogP contribution in [0.15, 0.2) is 12.1 Å². The van der Waals surface area contributed by atoms with Crippen LogP contribution in [0.3, 0.4) is 0 Å². The van der Waals surface area contributed by atoms with Crippen molar-refractivity contribution in [2.24, 2.45) is 0 Å². The van der Waals surface area contributed by atoms with Gasteiger partial charge in [0.1, 0.15) is 5.75 Å². The van der Waals surface area contributed by atoms with Crippen LogP contribution in [-0.4, -0.2) is 17.7 Å². The fraction of sp³-hybridized carbons (Fsp3) is 0.533. The Labute approximate surface area is 109 Å². The van der Waals surface area contributed by atoms with Gasteiger partial charge in [-0.05, 0) is 43.0 Å². The van der Waals surface area contributed by atoms with Crippen molar-refractivity contribution in [2.75, 3.05) is 6.61 Å². The Morgan fingerprint density at radius 1 is 1.28 bits per heavy atom. The minimum Gasteiger partial charge on any atom is -0.493 e. The first-order valence-corrected chi connectivity index (χ1v) is 6.49. The standard InChI is InChI=1S/C15H22O3/c1-4-5-6-7-18-14-9-13(10-15(16)17)8-11(2)12(14)3/h8-9H,4-7,10H2,1-3H3,(H,16,17). The van der Waals surface area contributed by atoms with Gasteiger partial charge in [-0.2, -0.15) is 0 Å². The van der Waals surface area contributed by atoms with Gasteiger partial charge < -0.3 is 9.84 Å². The summed E-state index contributed by atoms with van der Waals surface area (Å²) in [6.07, 6.45) is 3.41. The number of benzene rings is 1. The highest BCUT2D eigenvalue weighted by atomic mass is 16.5. The summed E-state index contributed by atoms with van der Waals surface area (Å²) in [7, 11) is 0. The second-order valence-electron chi connectivity index (χ2n) is 4.66. The smallest absolute Gasteiger partial charge is 0.307 e. The zero-order valence-electron chi connectivity index (χ0n) is 11.5. The second-order valence-corrected chi connectivity index (χ2v) is 4.66. The van der Waals surface area contributed by atoms with E-state index in [1.807, 2.05) is 26.0 Å². The van der Waals surface area contributed by atoms with Crippen molar-refractivity contribution in [2.45, 2.75) is 46.5 Å². The van der Waals surface area contributed by atoms with Crippen LogP contribution < -0.4 is 4.74 Å². The lowest BCUT2D eigenvalue weighted by Crippen LogP contribution is -2.04. The molecule has 18 heavy (non-hydrogen) atoms. The zero-order chi connectivity index (χ0) is 13.5. The molecule has 0 bridgehead atoms. The van der Waals surface area contributed by atoms with Gasteiger partial charge in [-0.15, -0.1) is 0 Å². The largest absolute Gasteiger partial charge is 0.493 e. The molecular weight excluding hydrogens is 228 g/mol. The summed E-state index contributed by atoms with van der Waals surface area (Å²) >= 11 is 0. The first-order chi connectivity index (χ1) is 8.54. The number of carboxylic acid groups (broad SMARTS) is 1. The fourth-order valence-corrected chi connectivity index (χ4v) is 1.86. The molecule has 0 spiro atoms. The van der Waals surface area contributed by atoms with E-state index < -0.39 is 5.97 Å². The van der Waals surface area contributed by atoms with Gasteiger partial charge in [-0.25, -0.2) is 0 Å². The summed E-state index contributed by atoms with van der Waals surface area (Å²) in [6, 6.07) is 3.77. The van der Waals surface area contributed by atoms with E-state index >= 15 is 0 Å². The highest BCUT2D eigenvalue weighted by Gasteiger charge is 2.08. The zero-order valence-corrected chi connectivity index (χ0v) is 11.5. The Morgan fingerprint density at radius 3 is 2.61 bits per heavy atom. The maximum absolute atomic E-state index is 10.7. The predicted molar refractivity (Wildman–Crippen MR) is 72.3 cm³/mol. The summed E-state index contributed by atoms with van der Waals surface area (Å²) < 4.78 is 5.75. The monoisotopic (exact) mass is 250 g/mol. The molecular formula is C15H22O3. The molecule has 0 fully saturated rings. The van der Waals surface area contributed by atoms with E-state index in [0.717, 1.165) is 35.3 Å². The molecule has 100 valence electrons. The molecule has 0 aromatic heterocycles. The van der Waals surface area contributed by atoms with Crippen molar-refractivity contribution in [3.8, 4) is 5.75 Å². The van der Waals surface area contributed by atoms with Gasteiger partial charge >= 0.3 is 5.97 Å². The first-order valence-electron chi connectivity index (χ1n) is 6.49. The number of hydrogen-bond acceptors (Lipinski definition) is 2. The van der Waals surface area contributed by atoms with Gasteiger partial charge in [0.25, 0.3) is 0 Å². The van der Waals surface area contributed by atoms with Crippen molar-refractivity contribution in [3.05, 3.63) is 28.8 Å². The number of hydrogen-bond donors (Lipinski definition) is 1. The minimum absolute atomic E-state index is 0.0481. The molecule has 0 heterocycles. The van der Waals surface area contributed by atoms with Gasteiger partial charge in [0.15, 0.2) is 0 Å². The van der Waals surface area contributed by atoms with Crippen LogP contribution in [0.5, 0.6) is 5.75 Å².